The lowest BCUT2D eigenvalue weighted by molar-refractivity contribution is -0.134. The molecule has 2 rings (SSSR count). The number of hydrogen-bond donors (Lipinski definition) is 0. The predicted molar refractivity (Wildman–Crippen MR) is 59.1 cm³/mol. The molecule has 0 spiro atoms. The molecule has 2 heteroatoms. The molecule has 14 heavy (non-hydrogen) atoms. The second-order valence-corrected chi connectivity index (χ2v) is 4.31. The van der Waals surface area contributed by atoms with Crippen LogP contribution in [0.5, 0.6) is 0 Å². The van der Waals surface area contributed by atoms with Crippen LogP contribution in [0.1, 0.15) is 46.5 Å². The molecule has 0 aromatic carbocycles. The summed E-state index contributed by atoms with van der Waals surface area (Å²) in [5, 5.41) is 0. The monoisotopic (exact) mass is 197 g/mol. The van der Waals surface area contributed by atoms with Crippen molar-refractivity contribution < 1.29 is 4.79 Å². The van der Waals surface area contributed by atoms with Crippen molar-refractivity contribution in [2.45, 2.75) is 46.5 Å². The minimum absolute atomic E-state index is 0.412. The van der Waals surface area contributed by atoms with Crippen LogP contribution in [0.3, 0.4) is 0 Å². The molecule has 1 saturated heterocycles. The zero-order valence-electron chi connectivity index (χ0n) is 9.75. The number of piperidine rings is 1. The van der Waals surface area contributed by atoms with Gasteiger partial charge in [0.1, 0.15) is 0 Å². The Morgan fingerprint density at radius 1 is 1.21 bits per heavy atom. The maximum Gasteiger partial charge on any atom is 0.225 e. The van der Waals surface area contributed by atoms with Gasteiger partial charge in [-0.15, -0.1) is 0 Å². The summed E-state index contributed by atoms with van der Waals surface area (Å²) in [5.74, 6) is 1.57. The molecular weight excluding hydrogens is 174 g/mol. The SMILES string of the molecule is CC.C[C@H]1CCCN(C(=O)C2CC2)C1. The van der Waals surface area contributed by atoms with E-state index in [1.165, 1.54) is 12.8 Å². The molecule has 0 radical (unpaired) electrons. The standard InChI is InChI=1S/C10H17NO.C2H6/c1-8-3-2-6-11(7-8)10(12)9-4-5-9;1-2/h8-9H,2-7H2,1H3;1-2H3/t8-;/m0./s1. The summed E-state index contributed by atoms with van der Waals surface area (Å²) in [6.07, 6.45) is 4.79. The van der Waals surface area contributed by atoms with E-state index in [1.54, 1.807) is 0 Å². The van der Waals surface area contributed by atoms with Gasteiger partial charge >= 0.3 is 0 Å². The van der Waals surface area contributed by atoms with Gasteiger partial charge in [-0.3, -0.25) is 4.79 Å². The molecule has 0 aromatic heterocycles. The number of rotatable bonds is 1. The van der Waals surface area contributed by atoms with E-state index < -0.39 is 0 Å². The van der Waals surface area contributed by atoms with Crippen molar-refractivity contribution in [3.8, 4) is 0 Å². The summed E-state index contributed by atoms with van der Waals surface area (Å²) >= 11 is 0. The van der Waals surface area contributed by atoms with E-state index in [2.05, 4.69) is 11.8 Å². The molecule has 82 valence electrons. The molecule has 1 aliphatic carbocycles. The van der Waals surface area contributed by atoms with Crippen molar-refractivity contribution in [3.63, 3.8) is 0 Å². The van der Waals surface area contributed by atoms with Crippen LogP contribution in [0.4, 0.5) is 0 Å². The van der Waals surface area contributed by atoms with Crippen molar-refractivity contribution in [2.75, 3.05) is 13.1 Å². The predicted octanol–water partition coefficient (Wildman–Crippen LogP) is 2.68. The molecule has 0 bridgehead atoms. The van der Waals surface area contributed by atoms with Crippen LogP contribution in [-0.4, -0.2) is 23.9 Å². The lowest BCUT2D eigenvalue weighted by atomic mass is 10.00. The Labute approximate surface area is 87.7 Å². The lowest BCUT2D eigenvalue weighted by Gasteiger charge is -2.31. The first kappa shape index (κ1) is 11.5. The number of amides is 1. The Morgan fingerprint density at radius 2 is 1.86 bits per heavy atom. The molecule has 0 unspecified atom stereocenters. The highest BCUT2D eigenvalue weighted by Gasteiger charge is 2.34. The lowest BCUT2D eigenvalue weighted by Crippen LogP contribution is -2.39. The first-order valence-electron chi connectivity index (χ1n) is 6.06. The molecule has 1 aliphatic heterocycles. The highest BCUT2D eigenvalue weighted by Crippen LogP contribution is 2.32. The van der Waals surface area contributed by atoms with Crippen LogP contribution in [0.2, 0.25) is 0 Å². The van der Waals surface area contributed by atoms with Crippen molar-refractivity contribution in [1.82, 2.24) is 4.90 Å². The van der Waals surface area contributed by atoms with Crippen molar-refractivity contribution >= 4 is 5.91 Å². The van der Waals surface area contributed by atoms with Crippen LogP contribution in [-0.2, 0) is 4.79 Å². The van der Waals surface area contributed by atoms with Crippen molar-refractivity contribution in [3.05, 3.63) is 0 Å². The molecule has 1 amide bonds. The first-order valence-corrected chi connectivity index (χ1v) is 6.06. The van der Waals surface area contributed by atoms with Crippen LogP contribution in [0.15, 0.2) is 0 Å². The Kier molecular flexibility index (Phi) is 4.43. The van der Waals surface area contributed by atoms with Gasteiger partial charge in [-0.2, -0.15) is 0 Å². The highest BCUT2D eigenvalue weighted by molar-refractivity contribution is 5.81. The van der Waals surface area contributed by atoms with Gasteiger partial charge in [-0.25, -0.2) is 0 Å². The minimum Gasteiger partial charge on any atom is -0.342 e. The van der Waals surface area contributed by atoms with Gasteiger partial charge in [-0.05, 0) is 31.6 Å². The van der Waals surface area contributed by atoms with Gasteiger partial charge in [0, 0.05) is 19.0 Å². The number of carbonyl (C=O) groups is 1. The quantitative estimate of drug-likeness (QED) is 0.633. The van der Waals surface area contributed by atoms with Crippen LogP contribution in [0.25, 0.3) is 0 Å². The third-order valence-electron chi connectivity index (χ3n) is 2.90. The average Bonchev–Trinajstić information content (AvgIpc) is 3.03. The van der Waals surface area contributed by atoms with Gasteiger partial charge in [0.05, 0.1) is 0 Å². The Bertz CT molecular complexity index is 187. The van der Waals surface area contributed by atoms with E-state index in [0.29, 0.717) is 11.8 Å². The molecule has 2 nitrogen and oxygen atoms in total. The summed E-state index contributed by atoms with van der Waals surface area (Å²) < 4.78 is 0. The van der Waals surface area contributed by atoms with E-state index >= 15 is 0 Å². The van der Waals surface area contributed by atoms with Gasteiger partial charge in [0.2, 0.25) is 5.91 Å². The summed E-state index contributed by atoms with van der Waals surface area (Å²) in [6.45, 7) is 8.27. The molecule has 1 heterocycles. The van der Waals surface area contributed by atoms with E-state index in [0.717, 1.165) is 31.8 Å². The Morgan fingerprint density at radius 3 is 2.36 bits per heavy atom. The van der Waals surface area contributed by atoms with Gasteiger partial charge < -0.3 is 4.90 Å². The average molecular weight is 197 g/mol. The normalized spacial score (nSPS) is 26.5. The summed E-state index contributed by atoms with van der Waals surface area (Å²) in [5.41, 5.74) is 0. The van der Waals surface area contributed by atoms with E-state index in [1.807, 2.05) is 13.8 Å². The molecular formula is C12H23NO. The van der Waals surface area contributed by atoms with E-state index in [4.69, 9.17) is 0 Å². The summed E-state index contributed by atoms with van der Waals surface area (Å²) in [4.78, 5) is 13.7. The van der Waals surface area contributed by atoms with Crippen LogP contribution >= 0.6 is 0 Å². The zero-order valence-corrected chi connectivity index (χ0v) is 9.75. The molecule has 0 aromatic rings. The Balaban J connectivity index is 0.000000461. The minimum atomic E-state index is 0.412. The smallest absolute Gasteiger partial charge is 0.225 e. The van der Waals surface area contributed by atoms with Crippen molar-refractivity contribution in [2.24, 2.45) is 11.8 Å². The second kappa shape index (κ2) is 5.38. The van der Waals surface area contributed by atoms with Crippen LogP contribution < -0.4 is 0 Å². The van der Waals surface area contributed by atoms with Gasteiger partial charge in [0.25, 0.3) is 0 Å². The number of nitrogens with zero attached hydrogens (tertiary/aromatic N) is 1. The summed E-state index contributed by atoms with van der Waals surface area (Å²) in [6, 6.07) is 0. The highest BCUT2D eigenvalue weighted by atomic mass is 16.2. The second-order valence-electron chi connectivity index (χ2n) is 4.31. The maximum absolute atomic E-state index is 11.6. The molecule has 1 saturated carbocycles. The van der Waals surface area contributed by atoms with Crippen molar-refractivity contribution in [1.29, 1.82) is 0 Å². The van der Waals surface area contributed by atoms with E-state index in [-0.39, 0.29) is 0 Å². The Hall–Kier alpha value is -0.530. The fraction of sp³-hybridized carbons (Fsp3) is 0.917. The van der Waals surface area contributed by atoms with Crippen LogP contribution in [0, 0.1) is 11.8 Å². The fourth-order valence-corrected chi connectivity index (χ4v) is 1.98. The first-order chi connectivity index (χ1) is 6.77. The number of hydrogen-bond acceptors (Lipinski definition) is 1. The third kappa shape index (κ3) is 3.00. The van der Waals surface area contributed by atoms with Gasteiger partial charge in [0.15, 0.2) is 0 Å². The largest absolute Gasteiger partial charge is 0.342 e. The maximum atomic E-state index is 11.6. The third-order valence-corrected chi connectivity index (χ3v) is 2.90. The molecule has 2 aliphatic rings. The molecule has 1 atom stereocenters. The zero-order chi connectivity index (χ0) is 10.6. The fourth-order valence-electron chi connectivity index (χ4n) is 1.98. The molecule has 0 N–H and O–H groups in total. The number of carbonyl (C=O) groups excluding carboxylic acids is 1. The summed E-state index contributed by atoms with van der Waals surface area (Å²) in [7, 11) is 0. The topological polar surface area (TPSA) is 20.3 Å². The molecule has 2 fully saturated rings. The van der Waals surface area contributed by atoms with Gasteiger partial charge in [-0.1, -0.05) is 20.8 Å². The number of likely N-dealkylation sites (tertiary alicyclic amines) is 1. The van der Waals surface area contributed by atoms with E-state index in [9.17, 15) is 4.79 Å².